The summed E-state index contributed by atoms with van der Waals surface area (Å²) in [7, 11) is -3.05. The maximum absolute atomic E-state index is 13.0. The summed E-state index contributed by atoms with van der Waals surface area (Å²) in [4.78, 5) is 22.9. The molecule has 140 valence electrons. The summed E-state index contributed by atoms with van der Waals surface area (Å²) in [5.74, 6) is 1.07. The predicted molar refractivity (Wildman–Crippen MR) is 96.9 cm³/mol. The molecule has 0 radical (unpaired) electrons. The van der Waals surface area contributed by atoms with Gasteiger partial charge in [-0.1, -0.05) is 20.8 Å². The van der Waals surface area contributed by atoms with E-state index in [9.17, 15) is 13.2 Å². The topological polar surface area (TPSA) is 83.1 Å². The number of nitrogens with zero attached hydrogens (tertiary/aromatic N) is 2. The van der Waals surface area contributed by atoms with E-state index in [1.54, 1.807) is 0 Å². The first-order chi connectivity index (χ1) is 11.6. The fourth-order valence-corrected chi connectivity index (χ4v) is 4.46. The van der Waals surface area contributed by atoms with Crippen molar-refractivity contribution in [3.8, 4) is 0 Å². The summed E-state index contributed by atoms with van der Waals surface area (Å²) in [5.41, 5.74) is 1.35. The van der Waals surface area contributed by atoms with Crippen LogP contribution < -0.4 is 0 Å². The molecule has 7 heteroatoms. The van der Waals surface area contributed by atoms with E-state index in [-0.39, 0.29) is 29.0 Å². The Balaban J connectivity index is 1.76. The van der Waals surface area contributed by atoms with E-state index >= 15 is 0 Å². The lowest BCUT2D eigenvalue weighted by Crippen LogP contribution is -2.36. The number of hydrogen-bond donors (Lipinski definition) is 1. The van der Waals surface area contributed by atoms with Crippen molar-refractivity contribution in [1.29, 1.82) is 0 Å². The minimum absolute atomic E-state index is 0.0109. The van der Waals surface area contributed by atoms with Gasteiger partial charge in [-0.25, -0.2) is 13.4 Å². The number of sulfone groups is 1. The highest BCUT2D eigenvalue weighted by Crippen LogP contribution is 2.58. The Labute approximate surface area is 150 Å². The Kier molecular flexibility index (Phi) is 4.73. The molecule has 1 aromatic rings. The van der Waals surface area contributed by atoms with Crippen molar-refractivity contribution in [2.24, 2.45) is 11.3 Å². The SMILES string of the molecule is CC(CCS(C)(=O)=O)C(=O)N1CC2(CC2)CC1c1ncc(C(C)C)[nH]1. The van der Waals surface area contributed by atoms with E-state index < -0.39 is 9.84 Å². The van der Waals surface area contributed by atoms with Crippen molar-refractivity contribution in [1.82, 2.24) is 14.9 Å². The van der Waals surface area contributed by atoms with Crippen molar-refractivity contribution < 1.29 is 13.2 Å². The van der Waals surface area contributed by atoms with Crippen molar-refractivity contribution in [2.75, 3.05) is 18.6 Å². The van der Waals surface area contributed by atoms with Crippen LogP contribution >= 0.6 is 0 Å². The Morgan fingerprint density at radius 1 is 1.40 bits per heavy atom. The van der Waals surface area contributed by atoms with Crippen LogP contribution in [-0.2, 0) is 14.6 Å². The van der Waals surface area contributed by atoms with Crippen LogP contribution in [0.1, 0.15) is 69.9 Å². The summed E-state index contributed by atoms with van der Waals surface area (Å²) in [5, 5.41) is 0. The molecule has 2 heterocycles. The van der Waals surface area contributed by atoms with E-state index in [0.29, 0.717) is 12.3 Å². The molecule has 0 bridgehead atoms. The maximum Gasteiger partial charge on any atom is 0.226 e. The molecule has 2 atom stereocenters. The van der Waals surface area contributed by atoms with E-state index in [4.69, 9.17) is 0 Å². The molecule has 1 aromatic heterocycles. The van der Waals surface area contributed by atoms with Gasteiger partial charge in [-0.05, 0) is 37.0 Å². The highest BCUT2D eigenvalue weighted by atomic mass is 32.2. The average molecular weight is 368 g/mol. The highest BCUT2D eigenvalue weighted by molar-refractivity contribution is 7.90. The second-order valence-electron chi connectivity index (χ2n) is 8.38. The molecule has 2 aliphatic rings. The number of aromatic amines is 1. The fourth-order valence-electron chi connectivity index (χ4n) is 3.68. The molecule has 0 aromatic carbocycles. The molecule has 1 N–H and O–H groups in total. The number of carbonyl (C=O) groups excluding carboxylic acids is 1. The first-order valence-corrected chi connectivity index (χ1v) is 11.2. The highest BCUT2D eigenvalue weighted by Gasteiger charge is 2.54. The minimum Gasteiger partial charge on any atom is -0.344 e. The van der Waals surface area contributed by atoms with Gasteiger partial charge in [0, 0.05) is 30.6 Å². The number of rotatable bonds is 6. The lowest BCUT2D eigenvalue weighted by Gasteiger charge is -2.26. The molecular formula is C18H29N3O3S. The Bertz CT molecular complexity index is 749. The number of likely N-dealkylation sites (tertiary alicyclic amines) is 1. The van der Waals surface area contributed by atoms with Crippen molar-refractivity contribution in [2.45, 2.75) is 58.4 Å². The van der Waals surface area contributed by atoms with Crippen LogP contribution in [0.25, 0.3) is 0 Å². The number of H-pyrrole nitrogens is 1. The van der Waals surface area contributed by atoms with E-state index in [1.165, 1.54) is 19.1 Å². The van der Waals surface area contributed by atoms with E-state index in [2.05, 4.69) is 23.8 Å². The monoisotopic (exact) mass is 367 g/mol. The smallest absolute Gasteiger partial charge is 0.226 e. The zero-order valence-corrected chi connectivity index (χ0v) is 16.4. The van der Waals surface area contributed by atoms with Gasteiger partial charge in [0.15, 0.2) is 0 Å². The van der Waals surface area contributed by atoms with Crippen LogP contribution in [0.5, 0.6) is 0 Å². The van der Waals surface area contributed by atoms with Crippen LogP contribution in [0.3, 0.4) is 0 Å². The van der Waals surface area contributed by atoms with Crippen LogP contribution in [-0.4, -0.2) is 47.7 Å². The Morgan fingerprint density at radius 2 is 2.08 bits per heavy atom. The Hall–Kier alpha value is -1.37. The molecule has 1 saturated carbocycles. The minimum atomic E-state index is -3.05. The van der Waals surface area contributed by atoms with Gasteiger partial charge in [-0.3, -0.25) is 4.79 Å². The van der Waals surface area contributed by atoms with Crippen LogP contribution in [0.2, 0.25) is 0 Å². The van der Waals surface area contributed by atoms with Gasteiger partial charge in [0.2, 0.25) is 5.91 Å². The summed E-state index contributed by atoms with van der Waals surface area (Å²) in [6, 6.07) is -0.0109. The van der Waals surface area contributed by atoms with Gasteiger partial charge >= 0.3 is 0 Å². The van der Waals surface area contributed by atoms with Gasteiger partial charge in [0.05, 0.1) is 11.8 Å². The molecular weight excluding hydrogens is 338 g/mol. The number of amides is 1. The zero-order valence-electron chi connectivity index (χ0n) is 15.6. The van der Waals surface area contributed by atoms with Gasteiger partial charge in [-0.2, -0.15) is 0 Å². The fraction of sp³-hybridized carbons (Fsp3) is 0.778. The van der Waals surface area contributed by atoms with E-state index in [1.807, 2.05) is 18.0 Å². The summed E-state index contributed by atoms with van der Waals surface area (Å²) in [6.07, 6.45) is 6.77. The molecule has 1 aliphatic heterocycles. The molecule has 1 spiro atoms. The second kappa shape index (κ2) is 6.41. The van der Waals surface area contributed by atoms with Crippen molar-refractivity contribution >= 4 is 15.7 Å². The first kappa shape index (κ1) is 18.4. The average Bonchev–Trinajstić information content (AvgIpc) is 2.96. The van der Waals surface area contributed by atoms with E-state index in [0.717, 1.165) is 24.5 Å². The lowest BCUT2D eigenvalue weighted by atomic mass is 10.0. The number of nitrogens with one attached hydrogen (secondary N) is 1. The normalized spacial score (nSPS) is 23.4. The third kappa shape index (κ3) is 4.07. The number of imidazole rings is 1. The number of aromatic nitrogens is 2. The van der Waals surface area contributed by atoms with Gasteiger partial charge in [-0.15, -0.1) is 0 Å². The summed E-state index contributed by atoms with van der Waals surface area (Å²) >= 11 is 0. The summed E-state index contributed by atoms with van der Waals surface area (Å²) in [6.45, 7) is 6.84. The van der Waals surface area contributed by atoms with Crippen molar-refractivity contribution in [3.05, 3.63) is 17.7 Å². The van der Waals surface area contributed by atoms with Crippen molar-refractivity contribution in [3.63, 3.8) is 0 Å². The molecule has 1 amide bonds. The first-order valence-electron chi connectivity index (χ1n) is 9.13. The second-order valence-corrected chi connectivity index (χ2v) is 10.6. The zero-order chi connectivity index (χ0) is 18.4. The Morgan fingerprint density at radius 3 is 2.60 bits per heavy atom. The third-order valence-electron chi connectivity index (χ3n) is 5.64. The summed E-state index contributed by atoms with van der Waals surface area (Å²) < 4.78 is 22.8. The predicted octanol–water partition coefficient (Wildman–Crippen LogP) is 2.66. The molecule has 1 aliphatic carbocycles. The number of carbonyl (C=O) groups is 1. The van der Waals surface area contributed by atoms with Crippen LogP contribution in [0.15, 0.2) is 6.20 Å². The number of hydrogen-bond acceptors (Lipinski definition) is 4. The molecule has 2 fully saturated rings. The van der Waals surface area contributed by atoms with Gasteiger partial charge < -0.3 is 9.88 Å². The molecule has 3 rings (SSSR count). The van der Waals surface area contributed by atoms with Crippen LogP contribution in [0.4, 0.5) is 0 Å². The lowest BCUT2D eigenvalue weighted by molar-refractivity contribution is -0.136. The largest absolute Gasteiger partial charge is 0.344 e. The van der Waals surface area contributed by atoms with Crippen LogP contribution in [0, 0.1) is 11.3 Å². The quantitative estimate of drug-likeness (QED) is 0.838. The molecule has 25 heavy (non-hydrogen) atoms. The molecule has 2 unspecified atom stereocenters. The van der Waals surface area contributed by atoms with Gasteiger partial charge in [0.1, 0.15) is 15.7 Å². The molecule has 6 nitrogen and oxygen atoms in total. The van der Waals surface area contributed by atoms with Gasteiger partial charge in [0.25, 0.3) is 0 Å². The standard InChI is InChI=1S/C18H29N3O3S/c1-12(2)14-10-19-16(20-14)15-9-18(6-7-18)11-21(15)17(22)13(3)5-8-25(4,23)24/h10,12-13,15H,5-9,11H2,1-4H3,(H,19,20). The third-order valence-corrected chi connectivity index (χ3v) is 6.62. The maximum atomic E-state index is 13.0. The molecule has 1 saturated heterocycles.